The van der Waals surface area contributed by atoms with E-state index in [2.05, 4.69) is 0 Å². The molecular formula is C26H30N2O6. The van der Waals surface area contributed by atoms with Gasteiger partial charge < -0.3 is 23.8 Å². The van der Waals surface area contributed by atoms with E-state index < -0.39 is 17.4 Å². The van der Waals surface area contributed by atoms with Crippen molar-refractivity contribution in [1.82, 2.24) is 4.90 Å². The minimum absolute atomic E-state index is 0.120. The summed E-state index contributed by atoms with van der Waals surface area (Å²) < 4.78 is 23.0. The van der Waals surface area contributed by atoms with Gasteiger partial charge in [-0.3, -0.25) is 9.69 Å². The molecule has 3 heterocycles. The third kappa shape index (κ3) is 3.71. The first-order chi connectivity index (χ1) is 16.4. The van der Waals surface area contributed by atoms with Crippen LogP contribution in [0.3, 0.4) is 0 Å². The lowest BCUT2D eigenvalue weighted by atomic mass is 9.73. The summed E-state index contributed by atoms with van der Waals surface area (Å²) in [6.07, 6.45) is 0.421. The molecule has 8 heteroatoms. The third-order valence-electron chi connectivity index (χ3n) is 6.94. The molecule has 3 saturated heterocycles. The molecule has 2 aromatic carbocycles. The van der Waals surface area contributed by atoms with E-state index in [1.54, 1.807) is 16.9 Å². The Morgan fingerprint density at radius 2 is 1.85 bits per heavy atom. The lowest BCUT2D eigenvalue weighted by Crippen LogP contribution is -2.82. The molecule has 3 fully saturated rings. The maximum atomic E-state index is 13.8. The van der Waals surface area contributed by atoms with Gasteiger partial charge in [-0.2, -0.15) is 0 Å². The summed E-state index contributed by atoms with van der Waals surface area (Å²) in [6.45, 7) is 4.68. The van der Waals surface area contributed by atoms with E-state index in [-0.39, 0.29) is 24.7 Å². The minimum atomic E-state index is -1.01. The minimum Gasteiger partial charge on any atom is -0.497 e. The maximum absolute atomic E-state index is 13.8. The summed E-state index contributed by atoms with van der Waals surface area (Å²) in [6, 6.07) is 16.5. The van der Waals surface area contributed by atoms with Crippen LogP contribution < -0.4 is 9.64 Å². The number of hydrogen-bond donors (Lipinski definition) is 0. The van der Waals surface area contributed by atoms with Crippen LogP contribution in [-0.2, 0) is 25.6 Å². The summed E-state index contributed by atoms with van der Waals surface area (Å²) in [5, 5.41) is 0. The first-order valence-corrected chi connectivity index (χ1v) is 11.6. The third-order valence-corrected chi connectivity index (χ3v) is 6.94. The molecule has 2 amide bonds. The summed E-state index contributed by atoms with van der Waals surface area (Å²) in [5.74, 6) is -0.172. The number of amides is 2. The van der Waals surface area contributed by atoms with E-state index in [9.17, 15) is 9.59 Å². The average Bonchev–Trinajstić information content (AvgIpc) is 3.46. The zero-order valence-electron chi connectivity index (χ0n) is 19.7. The van der Waals surface area contributed by atoms with Crippen LogP contribution in [0, 0.1) is 0 Å². The Kier molecular flexibility index (Phi) is 5.73. The van der Waals surface area contributed by atoms with Crippen LogP contribution in [0.5, 0.6) is 5.75 Å². The van der Waals surface area contributed by atoms with Crippen LogP contribution in [-0.4, -0.2) is 60.6 Å². The number of anilines is 1. The number of carbonyl (C=O) groups is 2. The zero-order valence-corrected chi connectivity index (χ0v) is 19.7. The van der Waals surface area contributed by atoms with Crippen molar-refractivity contribution >= 4 is 17.7 Å². The Labute approximate surface area is 199 Å². The molecule has 5 rings (SSSR count). The van der Waals surface area contributed by atoms with E-state index in [4.69, 9.17) is 18.9 Å². The fourth-order valence-corrected chi connectivity index (χ4v) is 5.40. The molecule has 0 radical (unpaired) electrons. The van der Waals surface area contributed by atoms with Crippen LogP contribution in [0.2, 0.25) is 0 Å². The fourth-order valence-electron chi connectivity index (χ4n) is 5.40. The molecule has 180 valence electrons. The van der Waals surface area contributed by atoms with Gasteiger partial charge in [0.15, 0.2) is 5.79 Å². The van der Waals surface area contributed by atoms with Crippen LogP contribution in [0.1, 0.15) is 32.3 Å². The molecule has 3 aliphatic heterocycles. The molecule has 2 aromatic rings. The van der Waals surface area contributed by atoms with Crippen LogP contribution in [0.15, 0.2) is 54.6 Å². The quantitative estimate of drug-likeness (QED) is 0.625. The molecule has 34 heavy (non-hydrogen) atoms. The molecule has 0 aliphatic carbocycles. The molecular weight excluding hydrogens is 436 g/mol. The zero-order chi connectivity index (χ0) is 23.9. The Morgan fingerprint density at radius 3 is 2.50 bits per heavy atom. The fraction of sp³-hybridized carbons (Fsp3) is 0.462. The van der Waals surface area contributed by atoms with Gasteiger partial charge in [-0.05, 0) is 56.5 Å². The molecule has 0 unspecified atom stereocenters. The van der Waals surface area contributed by atoms with E-state index in [0.717, 1.165) is 17.7 Å². The van der Waals surface area contributed by atoms with Crippen LogP contribution in [0.25, 0.3) is 0 Å². The molecule has 8 nitrogen and oxygen atoms in total. The van der Waals surface area contributed by atoms with Crippen molar-refractivity contribution in [3.8, 4) is 5.75 Å². The van der Waals surface area contributed by atoms with Gasteiger partial charge in [-0.1, -0.05) is 30.3 Å². The predicted molar refractivity (Wildman–Crippen MR) is 124 cm³/mol. The first-order valence-electron chi connectivity index (χ1n) is 11.6. The Morgan fingerprint density at radius 1 is 1.12 bits per heavy atom. The molecule has 0 N–H and O–H groups in total. The molecule has 0 saturated carbocycles. The smallest absolute Gasteiger partial charge is 0.411 e. The number of carbonyl (C=O) groups excluding carboxylic acids is 2. The Hall–Kier alpha value is -3.10. The highest BCUT2D eigenvalue weighted by atomic mass is 16.7. The van der Waals surface area contributed by atoms with Crippen molar-refractivity contribution in [3.63, 3.8) is 0 Å². The van der Waals surface area contributed by atoms with E-state index in [1.807, 2.05) is 68.4 Å². The van der Waals surface area contributed by atoms with Crippen molar-refractivity contribution < 1.29 is 28.5 Å². The number of benzene rings is 2. The number of rotatable bonds is 5. The molecule has 1 spiro atoms. The monoisotopic (exact) mass is 466 g/mol. The van der Waals surface area contributed by atoms with E-state index >= 15 is 0 Å². The standard InChI is InChI=1S/C26H30N2O6/c1-25(2)33-17-21(34-25)22-26(23(29)28(22)19-10-12-20(31-3)13-11-19)14-7-15-27(26)24(30)32-16-18-8-5-4-6-9-18/h4-6,8-13,21-22H,7,14-17H2,1-3H3/t21-,22+,26-/m1/s1. The van der Waals surface area contributed by atoms with E-state index in [1.165, 1.54) is 0 Å². The molecule has 0 bridgehead atoms. The number of likely N-dealkylation sites (tertiary alicyclic amines) is 1. The lowest BCUT2D eigenvalue weighted by molar-refractivity contribution is -0.161. The maximum Gasteiger partial charge on any atom is 0.411 e. The largest absolute Gasteiger partial charge is 0.497 e. The average molecular weight is 467 g/mol. The van der Waals surface area contributed by atoms with Gasteiger partial charge in [-0.15, -0.1) is 0 Å². The van der Waals surface area contributed by atoms with Crippen LogP contribution >= 0.6 is 0 Å². The van der Waals surface area contributed by atoms with Gasteiger partial charge in [0.25, 0.3) is 5.91 Å². The SMILES string of the molecule is COc1ccc(N2C(=O)[C@@]3(CCCN3C(=O)OCc3ccccc3)[C@@H]2[C@H]2COC(C)(C)O2)cc1. The number of methoxy groups -OCH3 is 1. The van der Waals surface area contributed by atoms with Crippen LogP contribution in [0.4, 0.5) is 10.5 Å². The van der Waals surface area contributed by atoms with Crippen molar-refractivity contribution in [2.45, 2.75) is 56.8 Å². The normalized spacial score (nSPS) is 27.7. The van der Waals surface area contributed by atoms with Gasteiger partial charge in [0.1, 0.15) is 24.0 Å². The van der Waals surface area contributed by atoms with Gasteiger partial charge in [0.05, 0.1) is 19.8 Å². The summed E-state index contributed by atoms with van der Waals surface area (Å²) >= 11 is 0. The highest BCUT2D eigenvalue weighted by molar-refractivity contribution is 6.11. The Bertz CT molecular complexity index is 1060. The second kappa shape index (κ2) is 8.60. The van der Waals surface area contributed by atoms with Gasteiger partial charge in [0, 0.05) is 12.2 Å². The van der Waals surface area contributed by atoms with Crippen molar-refractivity contribution in [2.75, 3.05) is 25.2 Å². The highest BCUT2D eigenvalue weighted by Crippen LogP contribution is 2.50. The van der Waals surface area contributed by atoms with Gasteiger partial charge in [0.2, 0.25) is 0 Å². The van der Waals surface area contributed by atoms with Crippen molar-refractivity contribution in [3.05, 3.63) is 60.2 Å². The lowest BCUT2D eigenvalue weighted by Gasteiger charge is -2.58. The number of ether oxygens (including phenoxy) is 4. The first kappa shape index (κ1) is 22.7. The second-order valence-electron chi connectivity index (χ2n) is 9.40. The van der Waals surface area contributed by atoms with Gasteiger partial charge >= 0.3 is 6.09 Å². The van der Waals surface area contributed by atoms with Gasteiger partial charge in [-0.25, -0.2) is 4.79 Å². The summed E-state index contributed by atoms with van der Waals surface area (Å²) in [5.41, 5.74) is 0.622. The van der Waals surface area contributed by atoms with Crippen molar-refractivity contribution in [1.29, 1.82) is 0 Å². The highest BCUT2D eigenvalue weighted by Gasteiger charge is 2.70. The second-order valence-corrected chi connectivity index (χ2v) is 9.40. The van der Waals surface area contributed by atoms with Crippen molar-refractivity contribution in [2.24, 2.45) is 0 Å². The Balaban J connectivity index is 1.43. The molecule has 0 aromatic heterocycles. The predicted octanol–water partition coefficient (Wildman–Crippen LogP) is 3.73. The molecule has 3 atom stereocenters. The van der Waals surface area contributed by atoms with E-state index in [0.29, 0.717) is 25.3 Å². The molecule has 3 aliphatic rings. The number of hydrogen-bond acceptors (Lipinski definition) is 6. The number of β-lactam (4-membered cyclic amide) rings is 1. The summed E-state index contributed by atoms with van der Waals surface area (Å²) in [7, 11) is 1.60. The number of nitrogens with zero attached hydrogens (tertiary/aromatic N) is 2. The summed E-state index contributed by atoms with van der Waals surface area (Å²) in [4.78, 5) is 30.4. The topological polar surface area (TPSA) is 77.5 Å².